The zero-order chi connectivity index (χ0) is 14.7. The summed E-state index contributed by atoms with van der Waals surface area (Å²) in [5, 5.41) is 0. The van der Waals surface area contributed by atoms with Gasteiger partial charge in [0.2, 0.25) is 0 Å². The van der Waals surface area contributed by atoms with Gasteiger partial charge >= 0.3 is 0 Å². The standard InChI is InChI=1S/C17H14N2O2/c1-21-16-9-5-2-6-12(16)10-11-15-17(20)19-14-8-4-3-7-13(14)18-15/h2-11H,1H3,(H,19,20)/b11-10+. The van der Waals surface area contributed by atoms with Gasteiger partial charge in [0.1, 0.15) is 11.4 Å². The molecule has 1 aromatic heterocycles. The molecule has 3 aromatic rings. The summed E-state index contributed by atoms with van der Waals surface area (Å²) in [6.45, 7) is 0. The molecule has 0 aliphatic heterocycles. The van der Waals surface area contributed by atoms with Crippen LogP contribution in [0.25, 0.3) is 23.2 Å². The summed E-state index contributed by atoms with van der Waals surface area (Å²) in [4.78, 5) is 19.2. The molecule has 0 atom stereocenters. The summed E-state index contributed by atoms with van der Waals surface area (Å²) in [5.41, 5.74) is 2.56. The van der Waals surface area contributed by atoms with Gasteiger partial charge < -0.3 is 9.72 Å². The number of aromatic amines is 1. The van der Waals surface area contributed by atoms with Gasteiger partial charge in [0.15, 0.2) is 0 Å². The lowest BCUT2D eigenvalue weighted by Crippen LogP contribution is -2.11. The third kappa shape index (κ3) is 2.69. The molecule has 0 aliphatic rings. The highest BCUT2D eigenvalue weighted by atomic mass is 16.5. The SMILES string of the molecule is COc1ccccc1/C=C/c1nc2ccccc2[nH]c1=O. The summed E-state index contributed by atoms with van der Waals surface area (Å²) in [5.74, 6) is 0.756. The molecule has 4 nitrogen and oxygen atoms in total. The summed E-state index contributed by atoms with van der Waals surface area (Å²) in [6.07, 6.45) is 3.52. The van der Waals surface area contributed by atoms with Gasteiger partial charge in [-0.15, -0.1) is 0 Å². The number of fused-ring (bicyclic) bond motifs is 1. The molecule has 0 saturated heterocycles. The van der Waals surface area contributed by atoms with E-state index in [-0.39, 0.29) is 5.56 Å². The molecule has 0 fully saturated rings. The molecule has 3 rings (SSSR count). The first-order valence-corrected chi connectivity index (χ1v) is 6.58. The summed E-state index contributed by atoms with van der Waals surface area (Å²) >= 11 is 0. The molecule has 0 radical (unpaired) electrons. The molecule has 4 heteroatoms. The van der Waals surface area contributed by atoms with Crippen molar-refractivity contribution in [3.05, 3.63) is 70.1 Å². The molecule has 21 heavy (non-hydrogen) atoms. The first-order chi connectivity index (χ1) is 10.3. The molecule has 0 spiro atoms. The fourth-order valence-electron chi connectivity index (χ4n) is 2.13. The van der Waals surface area contributed by atoms with Crippen LogP contribution in [-0.4, -0.2) is 17.1 Å². The van der Waals surface area contributed by atoms with E-state index in [2.05, 4.69) is 9.97 Å². The number of nitrogens with one attached hydrogen (secondary N) is 1. The zero-order valence-electron chi connectivity index (χ0n) is 11.5. The van der Waals surface area contributed by atoms with E-state index in [1.54, 1.807) is 13.2 Å². The van der Waals surface area contributed by atoms with Crippen molar-refractivity contribution in [2.24, 2.45) is 0 Å². The van der Waals surface area contributed by atoms with Crippen LogP contribution >= 0.6 is 0 Å². The molecule has 0 bridgehead atoms. The largest absolute Gasteiger partial charge is 0.496 e. The van der Waals surface area contributed by atoms with E-state index in [4.69, 9.17) is 4.74 Å². The quantitative estimate of drug-likeness (QED) is 0.801. The molecule has 1 N–H and O–H groups in total. The number of aromatic nitrogens is 2. The molecule has 0 amide bonds. The van der Waals surface area contributed by atoms with E-state index in [0.29, 0.717) is 5.69 Å². The number of rotatable bonds is 3. The fraction of sp³-hybridized carbons (Fsp3) is 0.0588. The maximum Gasteiger partial charge on any atom is 0.274 e. The second-order valence-electron chi connectivity index (χ2n) is 4.54. The normalized spacial score (nSPS) is 11.1. The van der Waals surface area contributed by atoms with Gasteiger partial charge in [0.25, 0.3) is 5.56 Å². The number of nitrogens with zero attached hydrogens (tertiary/aromatic N) is 1. The van der Waals surface area contributed by atoms with Crippen molar-refractivity contribution < 1.29 is 4.74 Å². The highest BCUT2D eigenvalue weighted by molar-refractivity contribution is 5.77. The van der Waals surface area contributed by atoms with Crippen molar-refractivity contribution in [1.82, 2.24) is 9.97 Å². The Hall–Kier alpha value is -2.88. The van der Waals surface area contributed by atoms with Gasteiger partial charge in [0.05, 0.1) is 18.1 Å². The number of para-hydroxylation sites is 3. The summed E-state index contributed by atoms with van der Waals surface area (Å²) in [6, 6.07) is 15.1. The van der Waals surface area contributed by atoms with Crippen molar-refractivity contribution in [3.8, 4) is 5.75 Å². The number of ether oxygens (including phenoxy) is 1. The van der Waals surface area contributed by atoms with E-state index in [1.807, 2.05) is 54.6 Å². The van der Waals surface area contributed by atoms with Crippen molar-refractivity contribution in [1.29, 1.82) is 0 Å². The number of hydrogen-bond acceptors (Lipinski definition) is 3. The van der Waals surface area contributed by atoms with E-state index in [0.717, 1.165) is 22.3 Å². The highest BCUT2D eigenvalue weighted by Gasteiger charge is 2.02. The minimum atomic E-state index is -0.208. The number of methoxy groups -OCH3 is 1. The van der Waals surface area contributed by atoms with Gasteiger partial charge in [-0.25, -0.2) is 4.98 Å². The number of hydrogen-bond donors (Lipinski definition) is 1. The van der Waals surface area contributed by atoms with Crippen LogP contribution in [0.15, 0.2) is 53.3 Å². The van der Waals surface area contributed by atoms with Gasteiger partial charge in [-0.1, -0.05) is 30.3 Å². The van der Waals surface area contributed by atoms with Crippen molar-refractivity contribution >= 4 is 23.2 Å². The van der Waals surface area contributed by atoms with Crippen LogP contribution in [0.4, 0.5) is 0 Å². The van der Waals surface area contributed by atoms with Crippen LogP contribution in [0.5, 0.6) is 5.75 Å². The lowest BCUT2D eigenvalue weighted by atomic mass is 10.1. The average Bonchev–Trinajstić information content (AvgIpc) is 2.53. The van der Waals surface area contributed by atoms with Crippen molar-refractivity contribution in [2.45, 2.75) is 0 Å². The van der Waals surface area contributed by atoms with Crippen molar-refractivity contribution in [2.75, 3.05) is 7.11 Å². The molecule has 2 aromatic carbocycles. The second kappa shape index (κ2) is 5.63. The van der Waals surface area contributed by atoms with E-state index in [9.17, 15) is 4.79 Å². The molecular formula is C17H14N2O2. The lowest BCUT2D eigenvalue weighted by Gasteiger charge is -2.03. The van der Waals surface area contributed by atoms with Crippen LogP contribution in [0, 0.1) is 0 Å². The minimum Gasteiger partial charge on any atom is -0.496 e. The number of H-pyrrole nitrogens is 1. The third-order valence-electron chi connectivity index (χ3n) is 3.19. The Bertz CT molecular complexity index is 866. The molecule has 0 saturated carbocycles. The molecule has 0 aliphatic carbocycles. The lowest BCUT2D eigenvalue weighted by molar-refractivity contribution is 0.414. The van der Waals surface area contributed by atoms with Crippen LogP contribution in [0.1, 0.15) is 11.3 Å². The van der Waals surface area contributed by atoms with Gasteiger partial charge in [-0.2, -0.15) is 0 Å². The Morgan fingerprint density at radius 3 is 2.67 bits per heavy atom. The molecule has 104 valence electrons. The Morgan fingerprint density at radius 2 is 1.81 bits per heavy atom. The first kappa shape index (κ1) is 13.1. The second-order valence-corrected chi connectivity index (χ2v) is 4.54. The Kier molecular flexibility index (Phi) is 3.51. The zero-order valence-corrected chi connectivity index (χ0v) is 11.5. The highest BCUT2D eigenvalue weighted by Crippen LogP contribution is 2.19. The predicted octanol–water partition coefficient (Wildman–Crippen LogP) is 3.10. The summed E-state index contributed by atoms with van der Waals surface area (Å²) < 4.78 is 5.28. The Labute approximate surface area is 121 Å². The van der Waals surface area contributed by atoms with Crippen LogP contribution in [0.3, 0.4) is 0 Å². The monoisotopic (exact) mass is 278 g/mol. The van der Waals surface area contributed by atoms with E-state index >= 15 is 0 Å². The third-order valence-corrected chi connectivity index (χ3v) is 3.19. The summed E-state index contributed by atoms with van der Waals surface area (Å²) in [7, 11) is 1.62. The van der Waals surface area contributed by atoms with E-state index < -0.39 is 0 Å². The van der Waals surface area contributed by atoms with Crippen LogP contribution in [-0.2, 0) is 0 Å². The van der Waals surface area contributed by atoms with E-state index in [1.165, 1.54) is 0 Å². The van der Waals surface area contributed by atoms with Gasteiger partial charge in [-0.05, 0) is 30.4 Å². The Morgan fingerprint density at radius 1 is 1.05 bits per heavy atom. The maximum absolute atomic E-state index is 12.0. The average molecular weight is 278 g/mol. The van der Waals surface area contributed by atoms with Gasteiger partial charge in [-0.3, -0.25) is 4.79 Å². The molecular weight excluding hydrogens is 264 g/mol. The van der Waals surface area contributed by atoms with Crippen LogP contribution in [0.2, 0.25) is 0 Å². The number of benzene rings is 2. The first-order valence-electron chi connectivity index (χ1n) is 6.58. The molecule has 1 heterocycles. The van der Waals surface area contributed by atoms with Gasteiger partial charge in [0, 0.05) is 5.56 Å². The Balaban J connectivity index is 2.03. The van der Waals surface area contributed by atoms with Crippen LogP contribution < -0.4 is 10.3 Å². The van der Waals surface area contributed by atoms with Crippen molar-refractivity contribution in [3.63, 3.8) is 0 Å². The topological polar surface area (TPSA) is 55.0 Å². The molecule has 0 unspecified atom stereocenters. The fourth-order valence-corrected chi connectivity index (χ4v) is 2.13. The minimum absolute atomic E-state index is 0.208. The smallest absolute Gasteiger partial charge is 0.274 e. The maximum atomic E-state index is 12.0. The predicted molar refractivity (Wildman–Crippen MR) is 84.3 cm³/mol.